The lowest BCUT2D eigenvalue weighted by Gasteiger charge is -2.24. The second-order valence-corrected chi connectivity index (χ2v) is 6.18. The predicted molar refractivity (Wildman–Crippen MR) is 77.5 cm³/mol. The fourth-order valence-electron chi connectivity index (χ4n) is 3.36. The lowest BCUT2D eigenvalue weighted by atomic mass is 10.1. The van der Waals surface area contributed by atoms with Crippen LogP contribution in [-0.4, -0.2) is 56.1 Å². The van der Waals surface area contributed by atoms with Gasteiger partial charge in [0, 0.05) is 37.9 Å². The van der Waals surface area contributed by atoms with E-state index < -0.39 is 0 Å². The number of nitrogens with zero attached hydrogens (tertiary/aromatic N) is 5. The molecule has 0 radical (unpaired) electrons. The molecule has 3 rings (SSSR count). The Morgan fingerprint density at radius 3 is 2.91 bits per heavy atom. The van der Waals surface area contributed by atoms with Crippen molar-refractivity contribution >= 4 is 11.8 Å². The summed E-state index contributed by atoms with van der Waals surface area (Å²) in [5, 5.41) is 13.7. The van der Waals surface area contributed by atoms with E-state index in [0.29, 0.717) is 32.0 Å². The Bertz CT molecular complexity index is 511. The number of aromatic nitrogens is 4. The molecule has 2 heterocycles. The van der Waals surface area contributed by atoms with E-state index in [1.807, 2.05) is 4.90 Å². The highest BCUT2D eigenvalue weighted by molar-refractivity contribution is 5.79. The monoisotopic (exact) mass is 306 g/mol. The minimum absolute atomic E-state index is 0.0257. The minimum atomic E-state index is -0.0257. The Morgan fingerprint density at radius 2 is 2.18 bits per heavy atom. The molecule has 1 atom stereocenters. The third-order valence-electron chi connectivity index (χ3n) is 4.55. The summed E-state index contributed by atoms with van der Waals surface area (Å²) in [6.07, 6.45) is 7.12. The van der Waals surface area contributed by atoms with Crippen molar-refractivity contribution in [2.45, 2.75) is 51.1 Å². The third kappa shape index (κ3) is 3.61. The molecule has 1 saturated heterocycles. The molecule has 1 saturated carbocycles. The molecular formula is C14H22N6O2. The van der Waals surface area contributed by atoms with Crippen molar-refractivity contribution in [1.82, 2.24) is 30.4 Å². The minimum Gasteiger partial charge on any atom is -0.356 e. The zero-order valence-electron chi connectivity index (χ0n) is 12.6. The lowest BCUT2D eigenvalue weighted by molar-refractivity contribution is -0.129. The van der Waals surface area contributed by atoms with Crippen molar-refractivity contribution in [3.8, 4) is 0 Å². The Balaban J connectivity index is 1.38. The van der Waals surface area contributed by atoms with Gasteiger partial charge in [-0.25, -0.2) is 4.68 Å². The molecule has 0 aromatic carbocycles. The summed E-state index contributed by atoms with van der Waals surface area (Å²) in [6, 6.07) is 0.438. The summed E-state index contributed by atoms with van der Waals surface area (Å²) in [4.78, 5) is 25.9. The first-order valence-electron chi connectivity index (χ1n) is 7.99. The molecule has 22 heavy (non-hydrogen) atoms. The molecule has 1 aromatic rings. The molecule has 2 amide bonds. The van der Waals surface area contributed by atoms with Gasteiger partial charge in [-0.05, 0) is 23.3 Å². The van der Waals surface area contributed by atoms with Gasteiger partial charge in [0.2, 0.25) is 11.8 Å². The molecule has 1 N–H and O–H groups in total. The van der Waals surface area contributed by atoms with Crippen molar-refractivity contribution in [1.29, 1.82) is 0 Å². The van der Waals surface area contributed by atoms with Gasteiger partial charge in [-0.3, -0.25) is 9.59 Å². The molecular weight excluding hydrogens is 284 g/mol. The van der Waals surface area contributed by atoms with Crippen LogP contribution in [0.5, 0.6) is 0 Å². The van der Waals surface area contributed by atoms with Crippen LogP contribution in [0, 0.1) is 5.92 Å². The van der Waals surface area contributed by atoms with E-state index >= 15 is 0 Å². The molecule has 1 unspecified atom stereocenters. The van der Waals surface area contributed by atoms with Crippen LogP contribution in [0.2, 0.25) is 0 Å². The smallest absolute Gasteiger partial charge is 0.223 e. The number of hydrogen-bond donors (Lipinski definition) is 1. The molecule has 8 nitrogen and oxygen atoms in total. The van der Waals surface area contributed by atoms with E-state index in [9.17, 15) is 9.59 Å². The van der Waals surface area contributed by atoms with E-state index in [1.165, 1.54) is 23.9 Å². The second kappa shape index (κ2) is 6.85. The number of amides is 2. The largest absolute Gasteiger partial charge is 0.356 e. The number of nitrogens with one attached hydrogen (secondary N) is 1. The van der Waals surface area contributed by atoms with Gasteiger partial charge in [-0.15, -0.1) is 5.10 Å². The van der Waals surface area contributed by atoms with E-state index in [4.69, 9.17) is 0 Å². The van der Waals surface area contributed by atoms with Crippen molar-refractivity contribution in [2.75, 3.05) is 13.1 Å². The summed E-state index contributed by atoms with van der Waals surface area (Å²) < 4.78 is 1.53. The Kier molecular flexibility index (Phi) is 4.65. The zero-order valence-corrected chi connectivity index (χ0v) is 12.6. The highest BCUT2D eigenvalue weighted by Gasteiger charge is 2.35. The van der Waals surface area contributed by atoms with Gasteiger partial charge in [0.1, 0.15) is 6.33 Å². The van der Waals surface area contributed by atoms with Crippen LogP contribution in [0.1, 0.15) is 38.5 Å². The van der Waals surface area contributed by atoms with Crippen molar-refractivity contribution in [2.24, 2.45) is 5.92 Å². The molecule has 8 heteroatoms. The van der Waals surface area contributed by atoms with E-state index in [-0.39, 0.29) is 17.7 Å². The van der Waals surface area contributed by atoms with Crippen LogP contribution in [0.25, 0.3) is 0 Å². The average molecular weight is 306 g/mol. The molecule has 0 spiro atoms. The molecule has 120 valence electrons. The Morgan fingerprint density at radius 1 is 1.36 bits per heavy atom. The molecule has 0 bridgehead atoms. The summed E-state index contributed by atoms with van der Waals surface area (Å²) in [6.45, 7) is 1.83. The topological polar surface area (TPSA) is 93.0 Å². The van der Waals surface area contributed by atoms with E-state index in [0.717, 1.165) is 19.4 Å². The SMILES string of the molecule is O=C(CCn1cnnn1)NCC1CC(=O)N(C2CCCC2)C1. The summed E-state index contributed by atoms with van der Waals surface area (Å²) in [5.41, 5.74) is 0. The summed E-state index contributed by atoms with van der Waals surface area (Å²) in [7, 11) is 0. The third-order valence-corrected chi connectivity index (χ3v) is 4.55. The quantitative estimate of drug-likeness (QED) is 0.796. The van der Waals surface area contributed by atoms with E-state index in [1.54, 1.807) is 0 Å². The molecule has 1 aliphatic carbocycles. The van der Waals surface area contributed by atoms with E-state index in [2.05, 4.69) is 20.8 Å². The van der Waals surface area contributed by atoms with Gasteiger partial charge in [-0.1, -0.05) is 12.8 Å². The number of likely N-dealkylation sites (tertiary alicyclic amines) is 1. The van der Waals surface area contributed by atoms with Gasteiger partial charge < -0.3 is 10.2 Å². The van der Waals surface area contributed by atoms with Crippen LogP contribution in [0.15, 0.2) is 6.33 Å². The van der Waals surface area contributed by atoms with Gasteiger partial charge in [0.25, 0.3) is 0 Å². The number of carbonyl (C=O) groups excluding carboxylic acids is 2. The number of carbonyl (C=O) groups is 2. The van der Waals surface area contributed by atoms with Crippen LogP contribution >= 0.6 is 0 Å². The first kappa shape index (κ1) is 14.9. The van der Waals surface area contributed by atoms with Crippen LogP contribution in [0.3, 0.4) is 0 Å². The number of tetrazole rings is 1. The molecule has 2 fully saturated rings. The first-order chi connectivity index (χ1) is 10.7. The zero-order chi connectivity index (χ0) is 15.4. The number of hydrogen-bond acceptors (Lipinski definition) is 5. The molecule has 1 aromatic heterocycles. The number of rotatable bonds is 6. The van der Waals surface area contributed by atoms with Crippen molar-refractivity contribution < 1.29 is 9.59 Å². The highest BCUT2D eigenvalue weighted by atomic mass is 16.2. The average Bonchev–Trinajstić information content (AvgIpc) is 3.24. The maximum Gasteiger partial charge on any atom is 0.223 e. The maximum absolute atomic E-state index is 12.1. The summed E-state index contributed by atoms with van der Waals surface area (Å²) in [5.74, 6) is 0.465. The highest BCUT2D eigenvalue weighted by Crippen LogP contribution is 2.29. The maximum atomic E-state index is 12.1. The van der Waals surface area contributed by atoms with Gasteiger partial charge in [-0.2, -0.15) is 0 Å². The van der Waals surface area contributed by atoms with Gasteiger partial charge >= 0.3 is 0 Å². The first-order valence-corrected chi connectivity index (χ1v) is 7.99. The Labute approximate surface area is 129 Å². The van der Waals surface area contributed by atoms with Crippen molar-refractivity contribution in [3.05, 3.63) is 6.33 Å². The van der Waals surface area contributed by atoms with Gasteiger partial charge in [0.05, 0.1) is 6.54 Å². The van der Waals surface area contributed by atoms with Crippen molar-refractivity contribution in [3.63, 3.8) is 0 Å². The molecule has 1 aliphatic heterocycles. The normalized spacial score (nSPS) is 22.5. The lowest BCUT2D eigenvalue weighted by Crippen LogP contribution is -2.36. The fourth-order valence-corrected chi connectivity index (χ4v) is 3.36. The Hall–Kier alpha value is -1.99. The van der Waals surface area contributed by atoms with Crippen LogP contribution in [0.4, 0.5) is 0 Å². The molecule has 2 aliphatic rings. The fraction of sp³-hybridized carbons (Fsp3) is 0.786. The second-order valence-electron chi connectivity index (χ2n) is 6.18. The van der Waals surface area contributed by atoms with Gasteiger partial charge in [0.15, 0.2) is 0 Å². The predicted octanol–water partition coefficient (Wildman–Crippen LogP) is -0.0295. The van der Waals surface area contributed by atoms with Crippen LogP contribution in [-0.2, 0) is 16.1 Å². The summed E-state index contributed by atoms with van der Waals surface area (Å²) >= 11 is 0. The number of aryl methyl sites for hydroxylation is 1. The standard InChI is InChI=1S/C14H22N6O2/c21-13(5-6-19-10-16-17-18-19)15-8-11-7-14(22)20(9-11)12-3-1-2-4-12/h10-12H,1-9H2,(H,15,21). The van der Waals surface area contributed by atoms with Crippen LogP contribution < -0.4 is 5.32 Å².